The molecule has 0 N–H and O–H groups in total. The molecule has 0 aromatic heterocycles. The third-order valence-corrected chi connectivity index (χ3v) is 2.66. The molecule has 0 bridgehead atoms. The van der Waals surface area contributed by atoms with Crippen molar-refractivity contribution in [3.05, 3.63) is 29.8 Å². The van der Waals surface area contributed by atoms with E-state index in [2.05, 4.69) is 43.1 Å². The van der Waals surface area contributed by atoms with Gasteiger partial charge in [-0.3, -0.25) is 4.90 Å². The number of aryl methyl sites for hydroxylation is 1. The lowest BCUT2D eigenvalue weighted by Gasteiger charge is -2.36. The summed E-state index contributed by atoms with van der Waals surface area (Å²) in [5.41, 5.74) is 1.36. The van der Waals surface area contributed by atoms with Crippen molar-refractivity contribution in [3.8, 4) is 5.75 Å². The van der Waals surface area contributed by atoms with Crippen LogP contribution in [0.2, 0.25) is 0 Å². The van der Waals surface area contributed by atoms with E-state index in [9.17, 15) is 0 Å². The van der Waals surface area contributed by atoms with Crippen molar-refractivity contribution in [3.63, 3.8) is 0 Å². The summed E-state index contributed by atoms with van der Waals surface area (Å²) >= 11 is 0. The first-order valence-corrected chi connectivity index (χ1v) is 5.22. The SMILES string of the molecule is CCc1ccc(OC2CN(C)C2)cc1. The van der Waals surface area contributed by atoms with E-state index in [4.69, 9.17) is 4.74 Å². The van der Waals surface area contributed by atoms with E-state index in [1.165, 1.54) is 5.56 Å². The normalized spacial score (nSPS) is 17.9. The Morgan fingerprint density at radius 1 is 1.29 bits per heavy atom. The molecule has 2 heteroatoms. The lowest BCUT2D eigenvalue weighted by atomic mass is 10.1. The number of likely N-dealkylation sites (tertiary alicyclic amines) is 1. The Hall–Kier alpha value is -1.02. The summed E-state index contributed by atoms with van der Waals surface area (Å²) in [6.45, 7) is 4.27. The van der Waals surface area contributed by atoms with Crippen LogP contribution in [0.1, 0.15) is 12.5 Å². The number of nitrogens with zero attached hydrogens (tertiary/aromatic N) is 1. The second-order valence-corrected chi connectivity index (χ2v) is 3.96. The van der Waals surface area contributed by atoms with Gasteiger partial charge in [0.15, 0.2) is 0 Å². The molecule has 1 aromatic carbocycles. The Balaban J connectivity index is 1.90. The third-order valence-electron chi connectivity index (χ3n) is 2.66. The van der Waals surface area contributed by atoms with Crippen LogP contribution in [-0.4, -0.2) is 31.1 Å². The predicted molar refractivity (Wildman–Crippen MR) is 57.7 cm³/mol. The maximum atomic E-state index is 5.78. The fraction of sp³-hybridized carbons (Fsp3) is 0.500. The lowest BCUT2D eigenvalue weighted by molar-refractivity contribution is 0.0388. The average Bonchev–Trinajstić information content (AvgIpc) is 2.17. The van der Waals surface area contributed by atoms with E-state index in [0.717, 1.165) is 25.3 Å². The van der Waals surface area contributed by atoms with Gasteiger partial charge in [0.2, 0.25) is 0 Å². The van der Waals surface area contributed by atoms with Crippen LogP contribution in [0.5, 0.6) is 5.75 Å². The van der Waals surface area contributed by atoms with Gasteiger partial charge >= 0.3 is 0 Å². The van der Waals surface area contributed by atoms with Crippen LogP contribution in [0.4, 0.5) is 0 Å². The van der Waals surface area contributed by atoms with E-state index >= 15 is 0 Å². The van der Waals surface area contributed by atoms with E-state index in [1.807, 2.05) is 0 Å². The molecule has 0 spiro atoms. The minimum atomic E-state index is 0.396. The molecule has 1 fully saturated rings. The van der Waals surface area contributed by atoms with Crippen LogP contribution < -0.4 is 4.74 Å². The molecule has 0 aliphatic carbocycles. The van der Waals surface area contributed by atoms with Crippen molar-refractivity contribution in [2.24, 2.45) is 0 Å². The minimum Gasteiger partial charge on any atom is -0.488 e. The van der Waals surface area contributed by atoms with Crippen LogP contribution in [0.15, 0.2) is 24.3 Å². The monoisotopic (exact) mass is 191 g/mol. The molecule has 2 rings (SSSR count). The topological polar surface area (TPSA) is 12.5 Å². The molecule has 1 aliphatic rings. The molecule has 1 saturated heterocycles. The van der Waals surface area contributed by atoms with Crippen LogP contribution in [-0.2, 0) is 6.42 Å². The molecule has 0 radical (unpaired) electrons. The number of ether oxygens (including phenoxy) is 1. The van der Waals surface area contributed by atoms with E-state index < -0.39 is 0 Å². The summed E-state index contributed by atoms with van der Waals surface area (Å²) in [4.78, 5) is 2.26. The summed E-state index contributed by atoms with van der Waals surface area (Å²) in [5.74, 6) is 1.00. The number of hydrogen-bond donors (Lipinski definition) is 0. The van der Waals surface area contributed by atoms with Crippen LogP contribution >= 0.6 is 0 Å². The summed E-state index contributed by atoms with van der Waals surface area (Å²) < 4.78 is 5.78. The van der Waals surface area contributed by atoms with Gasteiger partial charge in [-0.15, -0.1) is 0 Å². The highest BCUT2D eigenvalue weighted by Gasteiger charge is 2.24. The second-order valence-electron chi connectivity index (χ2n) is 3.96. The highest BCUT2D eigenvalue weighted by atomic mass is 16.5. The molecular formula is C12H17NO. The third kappa shape index (κ3) is 2.07. The van der Waals surface area contributed by atoms with Crippen molar-refractivity contribution >= 4 is 0 Å². The van der Waals surface area contributed by atoms with Crippen molar-refractivity contribution in [2.45, 2.75) is 19.4 Å². The van der Waals surface area contributed by atoms with Gasteiger partial charge in [0, 0.05) is 13.1 Å². The molecule has 0 unspecified atom stereocenters. The van der Waals surface area contributed by atoms with Gasteiger partial charge in [-0.25, -0.2) is 0 Å². The molecule has 0 amide bonds. The largest absolute Gasteiger partial charge is 0.488 e. The molecule has 14 heavy (non-hydrogen) atoms. The van der Waals surface area contributed by atoms with Crippen LogP contribution in [0.25, 0.3) is 0 Å². The zero-order valence-electron chi connectivity index (χ0n) is 8.86. The quantitative estimate of drug-likeness (QED) is 0.724. The Morgan fingerprint density at radius 2 is 1.93 bits per heavy atom. The Bertz CT molecular complexity index is 288. The van der Waals surface area contributed by atoms with Gasteiger partial charge in [-0.1, -0.05) is 19.1 Å². The molecule has 2 nitrogen and oxygen atoms in total. The average molecular weight is 191 g/mol. The van der Waals surface area contributed by atoms with Crippen LogP contribution in [0, 0.1) is 0 Å². The summed E-state index contributed by atoms with van der Waals surface area (Å²) in [6.07, 6.45) is 1.49. The maximum absolute atomic E-state index is 5.78. The summed E-state index contributed by atoms with van der Waals surface area (Å²) in [6, 6.07) is 8.41. The highest BCUT2D eigenvalue weighted by molar-refractivity contribution is 5.27. The first kappa shape index (κ1) is 9.53. The first-order chi connectivity index (χ1) is 6.78. The van der Waals surface area contributed by atoms with Crippen molar-refractivity contribution in [1.82, 2.24) is 4.90 Å². The number of likely N-dealkylation sites (N-methyl/N-ethyl adjacent to an activating group) is 1. The lowest BCUT2D eigenvalue weighted by Crippen LogP contribution is -2.51. The molecule has 1 aromatic rings. The molecular weight excluding hydrogens is 174 g/mol. The molecule has 0 saturated carbocycles. The Morgan fingerprint density at radius 3 is 2.43 bits per heavy atom. The zero-order chi connectivity index (χ0) is 9.97. The number of hydrogen-bond acceptors (Lipinski definition) is 2. The Kier molecular flexibility index (Phi) is 2.73. The highest BCUT2D eigenvalue weighted by Crippen LogP contribution is 2.17. The summed E-state index contributed by atoms with van der Waals surface area (Å²) in [7, 11) is 2.11. The number of benzene rings is 1. The van der Waals surface area contributed by atoms with E-state index in [1.54, 1.807) is 0 Å². The van der Waals surface area contributed by atoms with Crippen molar-refractivity contribution in [1.29, 1.82) is 0 Å². The minimum absolute atomic E-state index is 0.396. The second kappa shape index (κ2) is 4.01. The smallest absolute Gasteiger partial charge is 0.124 e. The molecule has 1 heterocycles. The molecule has 0 atom stereocenters. The number of rotatable bonds is 3. The predicted octanol–water partition coefficient (Wildman–Crippen LogP) is 1.94. The van der Waals surface area contributed by atoms with Gasteiger partial charge in [0.1, 0.15) is 11.9 Å². The molecule has 76 valence electrons. The fourth-order valence-electron chi connectivity index (χ4n) is 1.71. The zero-order valence-corrected chi connectivity index (χ0v) is 8.86. The van der Waals surface area contributed by atoms with Crippen LogP contribution in [0.3, 0.4) is 0 Å². The van der Waals surface area contributed by atoms with E-state index in [-0.39, 0.29) is 0 Å². The van der Waals surface area contributed by atoms with E-state index in [0.29, 0.717) is 6.10 Å². The standard InChI is InChI=1S/C12H17NO/c1-3-10-4-6-11(7-5-10)14-12-8-13(2)9-12/h4-7,12H,3,8-9H2,1-2H3. The first-order valence-electron chi connectivity index (χ1n) is 5.22. The fourth-order valence-corrected chi connectivity index (χ4v) is 1.71. The van der Waals surface area contributed by atoms with Gasteiger partial charge in [0.25, 0.3) is 0 Å². The van der Waals surface area contributed by atoms with Crippen molar-refractivity contribution < 1.29 is 4.74 Å². The van der Waals surface area contributed by atoms with Gasteiger partial charge < -0.3 is 4.74 Å². The van der Waals surface area contributed by atoms with Crippen molar-refractivity contribution in [2.75, 3.05) is 20.1 Å². The van der Waals surface area contributed by atoms with Gasteiger partial charge in [-0.05, 0) is 31.2 Å². The van der Waals surface area contributed by atoms with Gasteiger partial charge in [0.05, 0.1) is 0 Å². The Labute approximate surface area is 85.5 Å². The van der Waals surface area contributed by atoms with Gasteiger partial charge in [-0.2, -0.15) is 0 Å². The molecule has 1 aliphatic heterocycles. The summed E-state index contributed by atoms with van der Waals surface area (Å²) in [5, 5.41) is 0. The maximum Gasteiger partial charge on any atom is 0.124 e.